The van der Waals surface area contributed by atoms with Crippen molar-refractivity contribution in [2.45, 2.75) is 37.6 Å². The second kappa shape index (κ2) is 8.57. The van der Waals surface area contributed by atoms with Crippen LogP contribution in [0.3, 0.4) is 0 Å². The van der Waals surface area contributed by atoms with E-state index in [-0.39, 0.29) is 11.9 Å². The number of fused-ring (bicyclic) bond motifs is 1. The lowest BCUT2D eigenvalue weighted by Crippen LogP contribution is -2.38. The van der Waals surface area contributed by atoms with E-state index in [4.69, 9.17) is 4.74 Å². The largest absolute Gasteiger partial charge is 0.497 e. The fourth-order valence-corrected chi connectivity index (χ4v) is 4.47. The maximum absolute atomic E-state index is 13.1. The van der Waals surface area contributed by atoms with E-state index in [0.29, 0.717) is 36.3 Å². The van der Waals surface area contributed by atoms with Gasteiger partial charge in [-0.3, -0.25) is 4.79 Å². The summed E-state index contributed by atoms with van der Waals surface area (Å²) in [6.07, 6.45) is 5.99. The maximum atomic E-state index is 13.1. The predicted octanol–water partition coefficient (Wildman–Crippen LogP) is 4.48. The Hall–Kier alpha value is -3.48. The minimum Gasteiger partial charge on any atom is -0.497 e. The molecule has 0 atom stereocenters. The number of likely N-dealkylation sites (tertiary alicyclic amines) is 1. The molecule has 5 rings (SSSR count). The first-order valence-corrected chi connectivity index (χ1v) is 11.2. The number of methoxy groups -OCH3 is 1. The molecule has 0 spiro atoms. The molecule has 0 bridgehead atoms. The number of carbonyl (C=O) groups is 2. The second-order valence-corrected chi connectivity index (χ2v) is 8.68. The summed E-state index contributed by atoms with van der Waals surface area (Å²) in [6.45, 7) is 1.42. The van der Waals surface area contributed by atoms with E-state index in [0.717, 1.165) is 36.9 Å². The fourth-order valence-electron chi connectivity index (χ4n) is 4.47. The van der Waals surface area contributed by atoms with Crippen LogP contribution in [0.2, 0.25) is 0 Å². The number of piperidine rings is 1. The summed E-state index contributed by atoms with van der Waals surface area (Å²) in [5.74, 6) is 1.26. The van der Waals surface area contributed by atoms with Gasteiger partial charge in [-0.15, -0.1) is 0 Å². The van der Waals surface area contributed by atoms with Crippen LogP contribution in [0, 0.1) is 0 Å². The highest BCUT2D eigenvalue weighted by Crippen LogP contribution is 2.35. The fraction of sp³-hybridized carbons (Fsp3) is 0.360. The van der Waals surface area contributed by atoms with Crippen LogP contribution >= 0.6 is 0 Å². The highest BCUT2D eigenvalue weighted by molar-refractivity contribution is 5.97. The first-order chi connectivity index (χ1) is 15.6. The van der Waals surface area contributed by atoms with Crippen LogP contribution < -0.4 is 15.4 Å². The normalized spacial score (nSPS) is 16.7. The number of ether oxygens (including phenoxy) is 1. The molecule has 1 aliphatic heterocycles. The number of hydrogen-bond acceptors (Lipinski definition) is 3. The lowest BCUT2D eigenvalue weighted by Gasteiger charge is -2.32. The van der Waals surface area contributed by atoms with Crippen LogP contribution in [-0.2, 0) is 0 Å². The zero-order valence-electron chi connectivity index (χ0n) is 18.2. The van der Waals surface area contributed by atoms with Gasteiger partial charge in [-0.05, 0) is 73.6 Å². The molecule has 166 valence electrons. The number of nitrogens with zero attached hydrogens (tertiary/aromatic N) is 1. The average Bonchev–Trinajstić information content (AvgIpc) is 3.53. The van der Waals surface area contributed by atoms with E-state index in [1.165, 1.54) is 10.9 Å². The molecule has 0 unspecified atom stereocenters. The van der Waals surface area contributed by atoms with E-state index < -0.39 is 0 Å². The molecule has 2 heterocycles. The molecule has 2 aliphatic rings. The van der Waals surface area contributed by atoms with Crippen LogP contribution in [0.5, 0.6) is 5.75 Å². The number of carbonyl (C=O) groups excluding carboxylic acids is 2. The van der Waals surface area contributed by atoms with Crippen molar-refractivity contribution in [1.29, 1.82) is 0 Å². The zero-order valence-corrected chi connectivity index (χ0v) is 18.2. The van der Waals surface area contributed by atoms with Gasteiger partial charge in [-0.1, -0.05) is 6.07 Å². The lowest BCUT2D eigenvalue weighted by molar-refractivity contribution is 0.0713. The Balaban J connectivity index is 1.23. The van der Waals surface area contributed by atoms with E-state index in [2.05, 4.69) is 27.9 Å². The standard InChI is InChI=1S/C25H28N4O3/c1-32-20-7-8-23-21(14-20)22(15-26-23)16-9-11-29(12-10-16)24(30)17-3-2-4-19(13-17)28-25(31)27-18-5-6-18/h2-4,7-8,13-16,18,26H,5-6,9-12H2,1H3,(H2,27,28,31). The number of urea groups is 1. The third-order valence-electron chi connectivity index (χ3n) is 6.42. The van der Waals surface area contributed by atoms with Gasteiger partial charge < -0.3 is 25.3 Å². The number of aromatic amines is 1. The monoisotopic (exact) mass is 432 g/mol. The first kappa shape index (κ1) is 20.4. The molecule has 3 aromatic rings. The van der Waals surface area contributed by atoms with Gasteiger partial charge in [0, 0.05) is 47.5 Å². The summed E-state index contributed by atoms with van der Waals surface area (Å²) in [5.41, 5.74) is 3.63. The molecule has 1 saturated heterocycles. The topological polar surface area (TPSA) is 86.5 Å². The number of amides is 3. The van der Waals surface area contributed by atoms with Gasteiger partial charge >= 0.3 is 6.03 Å². The Bertz CT molecular complexity index is 1140. The van der Waals surface area contributed by atoms with Crippen LogP contribution in [0.25, 0.3) is 10.9 Å². The van der Waals surface area contributed by atoms with Crippen molar-refractivity contribution >= 4 is 28.5 Å². The molecule has 0 radical (unpaired) electrons. The van der Waals surface area contributed by atoms with Crippen molar-refractivity contribution in [3.63, 3.8) is 0 Å². The lowest BCUT2D eigenvalue weighted by atomic mass is 9.89. The maximum Gasteiger partial charge on any atom is 0.319 e. The summed E-state index contributed by atoms with van der Waals surface area (Å²) in [4.78, 5) is 30.4. The van der Waals surface area contributed by atoms with Crippen molar-refractivity contribution in [3.05, 3.63) is 59.8 Å². The Morgan fingerprint density at radius 3 is 2.62 bits per heavy atom. The van der Waals surface area contributed by atoms with Crippen molar-refractivity contribution in [2.24, 2.45) is 0 Å². The molecular formula is C25H28N4O3. The van der Waals surface area contributed by atoms with Crippen LogP contribution in [0.1, 0.15) is 47.5 Å². The van der Waals surface area contributed by atoms with E-state index in [1.54, 1.807) is 19.2 Å². The summed E-state index contributed by atoms with van der Waals surface area (Å²) in [5, 5.41) is 6.92. The molecule has 7 nitrogen and oxygen atoms in total. The molecule has 1 aromatic heterocycles. The number of nitrogens with one attached hydrogen (secondary N) is 3. The third-order valence-corrected chi connectivity index (χ3v) is 6.42. The molecule has 2 aromatic carbocycles. The van der Waals surface area contributed by atoms with Crippen LogP contribution in [0.4, 0.5) is 10.5 Å². The van der Waals surface area contributed by atoms with E-state index in [9.17, 15) is 9.59 Å². The predicted molar refractivity (Wildman–Crippen MR) is 124 cm³/mol. The van der Waals surface area contributed by atoms with Gasteiger partial charge in [-0.25, -0.2) is 4.79 Å². The van der Waals surface area contributed by atoms with Crippen LogP contribution in [-0.4, -0.2) is 48.1 Å². The van der Waals surface area contributed by atoms with Gasteiger partial charge in [0.2, 0.25) is 0 Å². The molecule has 3 amide bonds. The number of hydrogen-bond donors (Lipinski definition) is 3. The van der Waals surface area contributed by atoms with Crippen molar-refractivity contribution in [2.75, 3.05) is 25.5 Å². The Kier molecular flexibility index (Phi) is 5.47. The number of anilines is 1. The number of aromatic nitrogens is 1. The number of rotatable bonds is 5. The van der Waals surface area contributed by atoms with Gasteiger partial charge in [0.1, 0.15) is 5.75 Å². The molecular weight excluding hydrogens is 404 g/mol. The molecule has 32 heavy (non-hydrogen) atoms. The molecule has 1 saturated carbocycles. The minimum absolute atomic E-state index is 0.00953. The summed E-state index contributed by atoms with van der Waals surface area (Å²) >= 11 is 0. The average molecular weight is 433 g/mol. The summed E-state index contributed by atoms with van der Waals surface area (Å²) in [6, 6.07) is 13.3. The first-order valence-electron chi connectivity index (χ1n) is 11.2. The Morgan fingerprint density at radius 1 is 1.06 bits per heavy atom. The Morgan fingerprint density at radius 2 is 1.88 bits per heavy atom. The number of H-pyrrole nitrogens is 1. The quantitative estimate of drug-likeness (QED) is 0.556. The molecule has 3 N–H and O–H groups in total. The zero-order chi connectivity index (χ0) is 22.1. The van der Waals surface area contributed by atoms with Gasteiger partial charge in [0.15, 0.2) is 0 Å². The Labute approximate surface area is 187 Å². The van der Waals surface area contributed by atoms with E-state index >= 15 is 0 Å². The highest BCUT2D eigenvalue weighted by Gasteiger charge is 2.27. The van der Waals surface area contributed by atoms with Gasteiger partial charge in [0.05, 0.1) is 7.11 Å². The summed E-state index contributed by atoms with van der Waals surface area (Å²) < 4.78 is 5.39. The van der Waals surface area contributed by atoms with Gasteiger partial charge in [-0.2, -0.15) is 0 Å². The van der Waals surface area contributed by atoms with Crippen LogP contribution in [0.15, 0.2) is 48.7 Å². The minimum atomic E-state index is -0.215. The smallest absolute Gasteiger partial charge is 0.319 e. The van der Waals surface area contributed by atoms with E-state index in [1.807, 2.05) is 29.2 Å². The molecule has 1 aliphatic carbocycles. The molecule has 2 fully saturated rings. The van der Waals surface area contributed by atoms with Crippen molar-refractivity contribution in [1.82, 2.24) is 15.2 Å². The second-order valence-electron chi connectivity index (χ2n) is 8.68. The summed E-state index contributed by atoms with van der Waals surface area (Å²) in [7, 11) is 1.68. The highest BCUT2D eigenvalue weighted by atomic mass is 16.5. The van der Waals surface area contributed by atoms with Gasteiger partial charge in [0.25, 0.3) is 5.91 Å². The number of benzene rings is 2. The SMILES string of the molecule is COc1ccc2[nH]cc(C3CCN(C(=O)c4cccc(NC(=O)NC5CC5)c4)CC3)c2c1. The van der Waals surface area contributed by atoms with Crippen molar-refractivity contribution in [3.8, 4) is 5.75 Å². The van der Waals surface area contributed by atoms with Crippen molar-refractivity contribution < 1.29 is 14.3 Å². The molecule has 7 heteroatoms. The third kappa shape index (κ3) is 4.28.